The first-order valence-electron chi connectivity index (χ1n) is 8.87. The maximum absolute atomic E-state index is 12.7. The molecule has 0 aliphatic carbocycles. The summed E-state index contributed by atoms with van der Waals surface area (Å²) < 4.78 is 5.16. The van der Waals surface area contributed by atoms with Gasteiger partial charge in [-0.05, 0) is 31.0 Å². The third-order valence-corrected chi connectivity index (χ3v) is 4.84. The number of hydrogen-bond acceptors (Lipinski definition) is 4. The van der Waals surface area contributed by atoms with Gasteiger partial charge in [-0.15, -0.1) is 0 Å². The fourth-order valence-corrected chi connectivity index (χ4v) is 3.44. The molecule has 7 nitrogen and oxygen atoms in total. The molecule has 2 amide bonds. The molecule has 0 unspecified atom stereocenters. The number of rotatable bonds is 3. The van der Waals surface area contributed by atoms with E-state index >= 15 is 0 Å². The number of nitrogens with one attached hydrogen (secondary N) is 2. The lowest BCUT2D eigenvalue weighted by atomic mass is 10.0. The van der Waals surface area contributed by atoms with Crippen molar-refractivity contribution in [1.82, 2.24) is 15.2 Å². The highest BCUT2D eigenvalue weighted by atomic mass is 16.3. The van der Waals surface area contributed by atoms with Gasteiger partial charge in [-0.25, -0.2) is 0 Å². The first kappa shape index (κ1) is 17.1. The minimum absolute atomic E-state index is 0.0452. The zero-order valence-corrected chi connectivity index (χ0v) is 14.6. The molecule has 4 rings (SSSR count). The summed E-state index contributed by atoms with van der Waals surface area (Å²) in [7, 11) is 0. The second-order valence-electron chi connectivity index (χ2n) is 6.61. The number of furan rings is 1. The number of para-hydroxylation sites is 1. The number of likely N-dealkylation sites (tertiary alicyclic amines) is 1. The number of aromatic nitrogens is 1. The Labute approximate surface area is 155 Å². The lowest BCUT2D eigenvalue weighted by Crippen LogP contribution is -2.46. The summed E-state index contributed by atoms with van der Waals surface area (Å²) in [4.78, 5) is 41.3. The topological polar surface area (TPSA) is 95.4 Å². The lowest BCUT2D eigenvalue weighted by molar-refractivity contribution is 0.0667. The molecule has 7 heteroatoms. The van der Waals surface area contributed by atoms with E-state index in [0.29, 0.717) is 48.2 Å². The van der Waals surface area contributed by atoms with Gasteiger partial charge in [-0.1, -0.05) is 18.2 Å². The highest BCUT2D eigenvalue weighted by Crippen LogP contribution is 2.17. The molecule has 3 aromatic rings. The number of aromatic amines is 1. The lowest BCUT2D eigenvalue weighted by Gasteiger charge is -2.32. The van der Waals surface area contributed by atoms with Gasteiger partial charge in [0, 0.05) is 36.1 Å². The predicted molar refractivity (Wildman–Crippen MR) is 99.7 cm³/mol. The van der Waals surface area contributed by atoms with Crippen molar-refractivity contribution in [1.29, 1.82) is 0 Å². The van der Waals surface area contributed by atoms with Crippen LogP contribution in [0, 0.1) is 0 Å². The number of carbonyl (C=O) groups excluding carboxylic acids is 2. The molecule has 1 saturated heterocycles. The molecular weight excluding hydrogens is 346 g/mol. The summed E-state index contributed by atoms with van der Waals surface area (Å²) in [5.74, 6) is -0.0778. The Kier molecular flexibility index (Phi) is 4.50. The van der Waals surface area contributed by atoms with Crippen LogP contribution in [-0.2, 0) is 0 Å². The van der Waals surface area contributed by atoms with Crippen molar-refractivity contribution in [3.8, 4) is 0 Å². The highest BCUT2D eigenvalue weighted by molar-refractivity contribution is 6.06. The number of H-pyrrole nitrogens is 1. The molecule has 27 heavy (non-hydrogen) atoms. The average molecular weight is 365 g/mol. The summed E-state index contributed by atoms with van der Waals surface area (Å²) in [6.07, 6.45) is 2.78. The van der Waals surface area contributed by atoms with Crippen molar-refractivity contribution in [3.63, 3.8) is 0 Å². The molecule has 0 spiro atoms. The normalized spacial score (nSPS) is 15.0. The summed E-state index contributed by atoms with van der Waals surface area (Å²) in [5.41, 5.74) is 0.690. The molecule has 2 aromatic heterocycles. The van der Waals surface area contributed by atoms with Crippen molar-refractivity contribution in [3.05, 3.63) is 70.4 Å². The van der Waals surface area contributed by atoms with E-state index in [1.54, 1.807) is 23.1 Å². The van der Waals surface area contributed by atoms with Crippen molar-refractivity contribution in [2.45, 2.75) is 18.9 Å². The van der Waals surface area contributed by atoms with E-state index in [4.69, 9.17) is 4.42 Å². The smallest absolute Gasteiger partial charge is 0.289 e. The first-order valence-corrected chi connectivity index (χ1v) is 8.87. The van der Waals surface area contributed by atoms with E-state index in [2.05, 4.69) is 10.3 Å². The van der Waals surface area contributed by atoms with Crippen LogP contribution in [0.1, 0.15) is 33.8 Å². The van der Waals surface area contributed by atoms with Crippen LogP contribution in [0.4, 0.5) is 0 Å². The number of pyridine rings is 1. The molecule has 1 aromatic carbocycles. The van der Waals surface area contributed by atoms with Gasteiger partial charge < -0.3 is 19.6 Å². The summed E-state index contributed by atoms with van der Waals surface area (Å²) >= 11 is 0. The Morgan fingerprint density at radius 2 is 1.89 bits per heavy atom. The van der Waals surface area contributed by atoms with Crippen LogP contribution in [0.3, 0.4) is 0 Å². The molecule has 0 atom stereocenters. The molecule has 138 valence electrons. The number of benzene rings is 1. The minimum Gasteiger partial charge on any atom is -0.459 e. The van der Waals surface area contributed by atoms with Gasteiger partial charge in [0.2, 0.25) is 5.56 Å². The summed E-state index contributed by atoms with van der Waals surface area (Å²) in [5, 5.41) is 3.70. The predicted octanol–water partition coefficient (Wildman–Crippen LogP) is 2.16. The zero-order valence-electron chi connectivity index (χ0n) is 14.6. The third-order valence-electron chi connectivity index (χ3n) is 4.84. The van der Waals surface area contributed by atoms with E-state index in [-0.39, 0.29) is 23.4 Å². The molecule has 1 fully saturated rings. The fraction of sp³-hybridized carbons (Fsp3) is 0.250. The molecule has 0 saturated carbocycles. The van der Waals surface area contributed by atoms with Crippen LogP contribution in [0.5, 0.6) is 0 Å². The van der Waals surface area contributed by atoms with E-state index in [9.17, 15) is 14.4 Å². The number of amides is 2. The van der Waals surface area contributed by atoms with Crippen molar-refractivity contribution >= 4 is 22.7 Å². The third kappa shape index (κ3) is 3.48. The van der Waals surface area contributed by atoms with Gasteiger partial charge in [0.05, 0.1) is 11.8 Å². The van der Waals surface area contributed by atoms with Crippen LogP contribution in [-0.4, -0.2) is 40.8 Å². The van der Waals surface area contributed by atoms with Crippen LogP contribution in [0.15, 0.2) is 57.9 Å². The Hall–Kier alpha value is -3.35. The quantitative estimate of drug-likeness (QED) is 0.743. The van der Waals surface area contributed by atoms with Crippen LogP contribution < -0.4 is 10.9 Å². The molecule has 2 N–H and O–H groups in total. The second kappa shape index (κ2) is 7.11. The summed E-state index contributed by atoms with van der Waals surface area (Å²) in [6, 6.07) is 11.8. The van der Waals surface area contributed by atoms with Gasteiger partial charge in [0.25, 0.3) is 11.8 Å². The highest BCUT2D eigenvalue weighted by Gasteiger charge is 2.26. The number of piperidine rings is 1. The first-order chi connectivity index (χ1) is 13.1. The van der Waals surface area contributed by atoms with Crippen LogP contribution >= 0.6 is 0 Å². The largest absolute Gasteiger partial charge is 0.459 e. The van der Waals surface area contributed by atoms with Gasteiger partial charge in [-0.2, -0.15) is 0 Å². The van der Waals surface area contributed by atoms with Gasteiger partial charge in [0.1, 0.15) is 0 Å². The monoisotopic (exact) mass is 365 g/mol. The molecule has 0 bridgehead atoms. The number of fused-ring (bicyclic) bond motifs is 1. The van der Waals surface area contributed by atoms with Crippen molar-refractivity contribution in [2.24, 2.45) is 0 Å². The number of carbonyl (C=O) groups is 2. The maximum Gasteiger partial charge on any atom is 0.289 e. The van der Waals surface area contributed by atoms with Crippen molar-refractivity contribution in [2.75, 3.05) is 13.1 Å². The fourth-order valence-electron chi connectivity index (χ4n) is 3.44. The van der Waals surface area contributed by atoms with E-state index in [0.717, 1.165) is 0 Å². The van der Waals surface area contributed by atoms with Gasteiger partial charge >= 0.3 is 0 Å². The molecule has 1 aliphatic rings. The standard InChI is InChI=1S/C20H19N3O4/c24-18-12-15(14-4-1-2-5-16(14)22-18)19(25)21-13-7-9-23(10-8-13)20(26)17-6-3-11-27-17/h1-6,11-13H,7-10H2,(H,21,25)(H,22,24). The average Bonchev–Trinajstić information content (AvgIpc) is 3.22. The van der Waals surface area contributed by atoms with E-state index in [1.165, 1.54) is 12.3 Å². The van der Waals surface area contributed by atoms with Gasteiger partial charge in [-0.3, -0.25) is 14.4 Å². The van der Waals surface area contributed by atoms with Crippen LogP contribution in [0.25, 0.3) is 10.9 Å². The number of nitrogens with zero attached hydrogens (tertiary/aromatic N) is 1. The molecule has 0 radical (unpaired) electrons. The Bertz CT molecular complexity index is 1030. The van der Waals surface area contributed by atoms with Gasteiger partial charge in [0.15, 0.2) is 5.76 Å². The molecule has 1 aliphatic heterocycles. The SMILES string of the molecule is O=C(NC1CCN(C(=O)c2ccco2)CC1)c1cc(=O)[nH]c2ccccc12. The summed E-state index contributed by atoms with van der Waals surface area (Å²) in [6.45, 7) is 1.08. The molecule has 3 heterocycles. The van der Waals surface area contributed by atoms with E-state index < -0.39 is 0 Å². The maximum atomic E-state index is 12.7. The molecular formula is C20H19N3O4. The van der Waals surface area contributed by atoms with E-state index in [1.807, 2.05) is 18.2 Å². The van der Waals surface area contributed by atoms with Crippen molar-refractivity contribution < 1.29 is 14.0 Å². The Morgan fingerprint density at radius 3 is 2.63 bits per heavy atom. The Balaban J connectivity index is 1.43. The number of hydrogen-bond donors (Lipinski definition) is 2. The zero-order chi connectivity index (χ0) is 18.8. The second-order valence-corrected chi connectivity index (χ2v) is 6.61. The Morgan fingerprint density at radius 1 is 1.11 bits per heavy atom. The minimum atomic E-state index is -0.308. The van der Waals surface area contributed by atoms with Crippen LogP contribution in [0.2, 0.25) is 0 Å².